The predicted molar refractivity (Wildman–Crippen MR) is 67.1 cm³/mol. The molecule has 1 heterocycles. The summed E-state index contributed by atoms with van der Waals surface area (Å²) in [6.45, 7) is 5.68. The van der Waals surface area contributed by atoms with E-state index in [-0.39, 0.29) is 11.1 Å². The highest BCUT2D eigenvalue weighted by atomic mass is 19.1. The Kier molecular flexibility index (Phi) is 3.39. The highest BCUT2D eigenvalue weighted by molar-refractivity contribution is 5.88. The zero-order valence-electron chi connectivity index (χ0n) is 10.7. The minimum atomic E-state index is -1.21. The average Bonchev–Trinajstić information content (AvgIpc) is 2.61. The van der Waals surface area contributed by atoms with Gasteiger partial charge in [-0.05, 0) is 39.3 Å². The number of carboxylic acids is 1. The van der Waals surface area contributed by atoms with Crippen molar-refractivity contribution in [1.82, 2.24) is 4.90 Å². The van der Waals surface area contributed by atoms with Gasteiger partial charge in [0.2, 0.25) is 0 Å². The van der Waals surface area contributed by atoms with Crippen LogP contribution < -0.4 is 0 Å². The molecule has 2 rings (SSSR count). The smallest absolute Gasteiger partial charge is 0.338 e. The van der Waals surface area contributed by atoms with Crippen LogP contribution in [0.1, 0.15) is 42.6 Å². The Hall–Kier alpha value is -1.42. The summed E-state index contributed by atoms with van der Waals surface area (Å²) in [5, 5.41) is 8.90. The Morgan fingerprint density at radius 1 is 1.50 bits per heavy atom. The van der Waals surface area contributed by atoms with Crippen molar-refractivity contribution in [1.29, 1.82) is 0 Å². The summed E-state index contributed by atoms with van der Waals surface area (Å²) in [4.78, 5) is 13.1. The van der Waals surface area contributed by atoms with Gasteiger partial charge < -0.3 is 5.11 Å². The van der Waals surface area contributed by atoms with Crippen molar-refractivity contribution in [2.24, 2.45) is 0 Å². The van der Waals surface area contributed by atoms with Gasteiger partial charge in [0.05, 0.1) is 5.56 Å². The number of likely N-dealkylation sites (tertiary alicyclic amines) is 1. The Bertz CT molecular complexity index is 471. The number of rotatable bonds is 3. The Morgan fingerprint density at radius 2 is 2.22 bits per heavy atom. The molecule has 0 unspecified atom stereocenters. The van der Waals surface area contributed by atoms with Gasteiger partial charge in [-0.1, -0.05) is 12.1 Å². The van der Waals surface area contributed by atoms with Gasteiger partial charge >= 0.3 is 5.97 Å². The van der Waals surface area contributed by atoms with Crippen molar-refractivity contribution in [2.45, 2.75) is 38.8 Å². The van der Waals surface area contributed by atoms with Crippen molar-refractivity contribution in [2.75, 3.05) is 6.54 Å². The van der Waals surface area contributed by atoms with Gasteiger partial charge in [0, 0.05) is 17.6 Å². The van der Waals surface area contributed by atoms with E-state index in [9.17, 15) is 9.18 Å². The molecule has 3 nitrogen and oxygen atoms in total. The number of carbonyl (C=O) groups is 1. The molecule has 18 heavy (non-hydrogen) atoms. The maximum Gasteiger partial charge on any atom is 0.338 e. The van der Waals surface area contributed by atoms with Crippen LogP contribution in [0.25, 0.3) is 0 Å². The molecule has 0 amide bonds. The van der Waals surface area contributed by atoms with Gasteiger partial charge in [-0.2, -0.15) is 0 Å². The fraction of sp³-hybridized carbons (Fsp3) is 0.500. The van der Waals surface area contributed by atoms with Gasteiger partial charge in [-0.25, -0.2) is 9.18 Å². The summed E-state index contributed by atoms with van der Waals surface area (Å²) in [6.07, 6.45) is 2.19. The van der Waals surface area contributed by atoms with E-state index in [0.29, 0.717) is 12.1 Å². The molecule has 98 valence electrons. The zero-order valence-corrected chi connectivity index (χ0v) is 10.7. The highest BCUT2D eigenvalue weighted by Crippen LogP contribution is 2.30. The van der Waals surface area contributed by atoms with Gasteiger partial charge in [-0.15, -0.1) is 0 Å². The number of hydrogen-bond donors (Lipinski definition) is 1. The highest BCUT2D eigenvalue weighted by Gasteiger charge is 2.32. The molecular formula is C14H18FNO2. The van der Waals surface area contributed by atoms with Crippen molar-refractivity contribution < 1.29 is 14.3 Å². The van der Waals surface area contributed by atoms with Gasteiger partial charge in [0.1, 0.15) is 5.82 Å². The second-order valence-electron chi connectivity index (χ2n) is 5.42. The van der Waals surface area contributed by atoms with E-state index >= 15 is 0 Å². The zero-order chi connectivity index (χ0) is 13.3. The van der Waals surface area contributed by atoms with E-state index in [2.05, 4.69) is 18.7 Å². The van der Waals surface area contributed by atoms with Crippen molar-refractivity contribution in [3.8, 4) is 0 Å². The second-order valence-corrected chi connectivity index (χ2v) is 5.42. The Balaban J connectivity index is 2.25. The number of aromatic carboxylic acids is 1. The van der Waals surface area contributed by atoms with E-state index < -0.39 is 11.8 Å². The summed E-state index contributed by atoms with van der Waals surface area (Å²) < 4.78 is 14.0. The lowest BCUT2D eigenvalue weighted by Crippen LogP contribution is -2.37. The first kappa shape index (κ1) is 13.0. The fourth-order valence-corrected chi connectivity index (χ4v) is 2.53. The minimum absolute atomic E-state index is 0.0612. The number of halogens is 1. The lowest BCUT2D eigenvalue weighted by atomic mass is 10.0. The van der Waals surface area contributed by atoms with Crippen LogP contribution in [0.4, 0.5) is 4.39 Å². The second kappa shape index (κ2) is 4.69. The monoisotopic (exact) mass is 251 g/mol. The van der Waals surface area contributed by atoms with Crippen LogP contribution >= 0.6 is 0 Å². The molecule has 0 bridgehead atoms. The van der Waals surface area contributed by atoms with Crippen LogP contribution in [0.15, 0.2) is 18.2 Å². The molecule has 1 aromatic rings. The molecule has 0 spiro atoms. The van der Waals surface area contributed by atoms with E-state index in [1.54, 1.807) is 12.1 Å². The van der Waals surface area contributed by atoms with Gasteiger partial charge in [0.15, 0.2) is 0 Å². The molecule has 0 atom stereocenters. The molecule has 0 saturated carbocycles. The fourth-order valence-electron chi connectivity index (χ4n) is 2.53. The van der Waals surface area contributed by atoms with Crippen LogP contribution in [0.5, 0.6) is 0 Å². The van der Waals surface area contributed by atoms with Crippen LogP contribution in [0.2, 0.25) is 0 Å². The van der Waals surface area contributed by atoms with Crippen molar-refractivity contribution >= 4 is 5.97 Å². The van der Waals surface area contributed by atoms with Crippen LogP contribution in [-0.2, 0) is 6.54 Å². The van der Waals surface area contributed by atoms with E-state index in [0.717, 1.165) is 19.4 Å². The summed E-state index contributed by atoms with van der Waals surface area (Å²) in [5.41, 5.74) is 0.278. The maximum absolute atomic E-state index is 14.0. The first-order chi connectivity index (χ1) is 8.42. The quantitative estimate of drug-likeness (QED) is 0.898. The number of carboxylic acid groups (broad SMARTS) is 1. The van der Waals surface area contributed by atoms with Gasteiger partial charge in [0.25, 0.3) is 0 Å². The number of benzene rings is 1. The largest absolute Gasteiger partial charge is 0.478 e. The molecule has 1 aromatic carbocycles. The predicted octanol–water partition coefficient (Wildman–Crippen LogP) is 2.90. The molecule has 1 aliphatic heterocycles. The van der Waals surface area contributed by atoms with E-state index in [1.165, 1.54) is 6.07 Å². The molecule has 0 aromatic heterocycles. The standard InChI is InChI=1S/C14H18FNO2/c1-14(2)7-4-8-16(14)9-10-5-3-6-11(12(10)15)13(17)18/h3,5-6H,4,7-9H2,1-2H3,(H,17,18). The van der Waals surface area contributed by atoms with Crippen LogP contribution in [-0.4, -0.2) is 28.1 Å². The first-order valence-electron chi connectivity index (χ1n) is 6.17. The normalized spacial score (nSPS) is 19.1. The lowest BCUT2D eigenvalue weighted by molar-refractivity contribution is 0.0691. The number of hydrogen-bond acceptors (Lipinski definition) is 2. The summed E-state index contributed by atoms with van der Waals surface area (Å²) in [5.74, 6) is -1.82. The average molecular weight is 251 g/mol. The first-order valence-corrected chi connectivity index (χ1v) is 6.17. The molecule has 1 saturated heterocycles. The summed E-state index contributed by atoms with van der Waals surface area (Å²) in [7, 11) is 0. The molecule has 1 fully saturated rings. The molecule has 0 aliphatic carbocycles. The molecule has 4 heteroatoms. The molecular weight excluding hydrogens is 233 g/mol. The third-order valence-corrected chi connectivity index (χ3v) is 3.74. The third-order valence-electron chi connectivity index (χ3n) is 3.74. The molecule has 1 aliphatic rings. The third kappa shape index (κ3) is 2.38. The minimum Gasteiger partial charge on any atom is -0.478 e. The summed E-state index contributed by atoms with van der Waals surface area (Å²) in [6, 6.07) is 4.57. The SMILES string of the molecule is CC1(C)CCCN1Cc1cccc(C(=O)O)c1F. The lowest BCUT2D eigenvalue weighted by Gasteiger charge is -2.31. The topological polar surface area (TPSA) is 40.5 Å². The van der Waals surface area contributed by atoms with Crippen LogP contribution in [0, 0.1) is 5.82 Å². The van der Waals surface area contributed by atoms with Crippen molar-refractivity contribution in [3.63, 3.8) is 0 Å². The van der Waals surface area contributed by atoms with Crippen LogP contribution in [0.3, 0.4) is 0 Å². The Labute approximate surface area is 106 Å². The molecule has 0 radical (unpaired) electrons. The Morgan fingerprint density at radius 3 is 2.78 bits per heavy atom. The van der Waals surface area contributed by atoms with Gasteiger partial charge in [-0.3, -0.25) is 4.90 Å². The van der Waals surface area contributed by atoms with E-state index in [1.807, 2.05) is 0 Å². The van der Waals surface area contributed by atoms with E-state index in [4.69, 9.17) is 5.11 Å². The number of nitrogens with zero attached hydrogens (tertiary/aromatic N) is 1. The molecule has 1 N–H and O–H groups in total. The van der Waals surface area contributed by atoms with Crippen molar-refractivity contribution in [3.05, 3.63) is 35.1 Å². The maximum atomic E-state index is 14.0. The summed E-state index contributed by atoms with van der Waals surface area (Å²) >= 11 is 0.